The Morgan fingerprint density at radius 1 is 0.929 bits per heavy atom. The molecule has 0 aromatic carbocycles. The first kappa shape index (κ1) is 10.4. The molecule has 0 amide bonds. The fraction of sp³-hybridized carbons (Fsp3) is 1.00. The van der Waals surface area contributed by atoms with Crippen molar-refractivity contribution in [1.82, 2.24) is 0 Å². The van der Waals surface area contributed by atoms with Gasteiger partial charge in [0.2, 0.25) is 0 Å². The van der Waals surface area contributed by atoms with Crippen LogP contribution in [-0.2, 0) is 14.2 Å². The second kappa shape index (κ2) is 3.80. The summed E-state index contributed by atoms with van der Waals surface area (Å²) in [5, 5.41) is 0. The molecule has 1 aliphatic heterocycles. The van der Waals surface area contributed by atoms with Crippen molar-refractivity contribution in [2.45, 2.75) is 37.9 Å². The molecule has 82 valence electrons. The third-order valence-corrected chi connectivity index (χ3v) is 3.95. The van der Waals surface area contributed by atoms with Crippen molar-refractivity contribution in [3.8, 4) is 0 Å². The molecular formula is C11H20O3. The average molecular weight is 200 g/mol. The third kappa shape index (κ3) is 1.30. The molecule has 2 fully saturated rings. The van der Waals surface area contributed by atoms with Crippen LogP contribution in [0.1, 0.15) is 32.1 Å². The van der Waals surface area contributed by atoms with Gasteiger partial charge in [0.05, 0.1) is 12.0 Å². The number of hydrogen-bond acceptors (Lipinski definition) is 3. The smallest absolute Gasteiger partial charge is 0.199 e. The van der Waals surface area contributed by atoms with Crippen molar-refractivity contribution in [1.29, 1.82) is 0 Å². The van der Waals surface area contributed by atoms with Crippen LogP contribution in [0.25, 0.3) is 0 Å². The molecule has 1 spiro atoms. The molecule has 0 radical (unpaired) electrons. The molecule has 2 aliphatic rings. The Balaban J connectivity index is 2.22. The monoisotopic (exact) mass is 200 g/mol. The van der Waals surface area contributed by atoms with E-state index in [1.54, 1.807) is 14.2 Å². The van der Waals surface area contributed by atoms with Crippen LogP contribution < -0.4 is 0 Å². The SMILES string of the molecule is COC1(OC)COCC12CCCCC2. The highest BCUT2D eigenvalue weighted by atomic mass is 16.7. The van der Waals surface area contributed by atoms with Crippen LogP contribution in [0.3, 0.4) is 0 Å². The van der Waals surface area contributed by atoms with E-state index >= 15 is 0 Å². The summed E-state index contributed by atoms with van der Waals surface area (Å²) in [7, 11) is 3.46. The molecule has 0 aromatic rings. The summed E-state index contributed by atoms with van der Waals surface area (Å²) in [6.45, 7) is 1.38. The minimum absolute atomic E-state index is 0.120. The van der Waals surface area contributed by atoms with Gasteiger partial charge in [-0.05, 0) is 12.8 Å². The number of ether oxygens (including phenoxy) is 3. The van der Waals surface area contributed by atoms with Crippen molar-refractivity contribution in [3.05, 3.63) is 0 Å². The van der Waals surface area contributed by atoms with Crippen LogP contribution in [0.2, 0.25) is 0 Å². The summed E-state index contributed by atoms with van der Waals surface area (Å²) in [6, 6.07) is 0. The van der Waals surface area contributed by atoms with Gasteiger partial charge in [-0.3, -0.25) is 0 Å². The summed E-state index contributed by atoms with van der Waals surface area (Å²) in [5.74, 6) is -0.479. The molecule has 0 bridgehead atoms. The van der Waals surface area contributed by atoms with Crippen LogP contribution in [0, 0.1) is 5.41 Å². The van der Waals surface area contributed by atoms with Crippen molar-refractivity contribution in [2.24, 2.45) is 5.41 Å². The fourth-order valence-electron chi connectivity index (χ4n) is 3.03. The zero-order valence-corrected chi connectivity index (χ0v) is 9.17. The average Bonchev–Trinajstić information content (AvgIpc) is 2.58. The van der Waals surface area contributed by atoms with Crippen molar-refractivity contribution < 1.29 is 14.2 Å². The first-order valence-corrected chi connectivity index (χ1v) is 5.47. The van der Waals surface area contributed by atoms with Gasteiger partial charge in [-0.15, -0.1) is 0 Å². The lowest BCUT2D eigenvalue weighted by atomic mass is 9.70. The normalized spacial score (nSPS) is 29.6. The van der Waals surface area contributed by atoms with Gasteiger partial charge in [0.1, 0.15) is 6.61 Å². The predicted octanol–water partition coefficient (Wildman–Crippen LogP) is 1.96. The van der Waals surface area contributed by atoms with E-state index in [0.29, 0.717) is 6.61 Å². The zero-order valence-electron chi connectivity index (χ0n) is 9.17. The number of rotatable bonds is 2. The second-order valence-corrected chi connectivity index (χ2v) is 4.49. The Morgan fingerprint density at radius 2 is 1.57 bits per heavy atom. The lowest BCUT2D eigenvalue weighted by Gasteiger charge is -2.44. The van der Waals surface area contributed by atoms with Crippen molar-refractivity contribution >= 4 is 0 Å². The standard InChI is InChI=1S/C11H20O3/c1-12-11(13-2)9-14-8-10(11)6-4-3-5-7-10/h3-9H2,1-2H3. The first-order chi connectivity index (χ1) is 6.79. The first-order valence-electron chi connectivity index (χ1n) is 5.47. The Kier molecular flexibility index (Phi) is 2.82. The van der Waals surface area contributed by atoms with E-state index in [1.165, 1.54) is 32.1 Å². The molecule has 0 aromatic heterocycles. The Labute approximate surface area is 85.7 Å². The van der Waals surface area contributed by atoms with Gasteiger partial charge in [-0.25, -0.2) is 0 Å². The van der Waals surface area contributed by atoms with Crippen molar-refractivity contribution in [3.63, 3.8) is 0 Å². The number of hydrogen-bond donors (Lipinski definition) is 0. The van der Waals surface area contributed by atoms with E-state index in [4.69, 9.17) is 14.2 Å². The van der Waals surface area contributed by atoms with Crippen LogP contribution in [0.15, 0.2) is 0 Å². The highest BCUT2D eigenvalue weighted by Crippen LogP contribution is 2.50. The molecule has 0 N–H and O–H groups in total. The van der Waals surface area contributed by atoms with Crippen molar-refractivity contribution in [2.75, 3.05) is 27.4 Å². The molecule has 3 nitrogen and oxygen atoms in total. The van der Waals surface area contributed by atoms with E-state index < -0.39 is 5.79 Å². The Morgan fingerprint density at radius 3 is 2.14 bits per heavy atom. The van der Waals surface area contributed by atoms with E-state index in [9.17, 15) is 0 Å². The summed E-state index contributed by atoms with van der Waals surface area (Å²) >= 11 is 0. The lowest BCUT2D eigenvalue weighted by molar-refractivity contribution is -0.261. The maximum absolute atomic E-state index is 5.59. The zero-order chi connectivity index (χ0) is 10.1. The molecule has 1 aliphatic carbocycles. The maximum Gasteiger partial charge on any atom is 0.199 e. The largest absolute Gasteiger partial charge is 0.375 e. The summed E-state index contributed by atoms with van der Waals surface area (Å²) in [4.78, 5) is 0. The lowest BCUT2D eigenvalue weighted by Crippen LogP contribution is -2.51. The van der Waals surface area contributed by atoms with Crippen LogP contribution >= 0.6 is 0 Å². The van der Waals surface area contributed by atoms with E-state index in [-0.39, 0.29) is 5.41 Å². The molecule has 0 unspecified atom stereocenters. The topological polar surface area (TPSA) is 27.7 Å². The molecule has 14 heavy (non-hydrogen) atoms. The molecule has 3 heteroatoms. The highest BCUT2D eigenvalue weighted by molar-refractivity contribution is 4.99. The van der Waals surface area contributed by atoms with E-state index in [1.807, 2.05) is 0 Å². The molecule has 1 saturated heterocycles. The maximum atomic E-state index is 5.59. The van der Waals surface area contributed by atoms with E-state index in [0.717, 1.165) is 6.61 Å². The molecule has 0 atom stereocenters. The van der Waals surface area contributed by atoms with Gasteiger partial charge in [0, 0.05) is 14.2 Å². The predicted molar refractivity (Wildman–Crippen MR) is 53.1 cm³/mol. The van der Waals surface area contributed by atoms with E-state index in [2.05, 4.69) is 0 Å². The van der Waals surface area contributed by atoms with Gasteiger partial charge in [-0.1, -0.05) is 19.3 Å². The Bertz CT molecular complexity index is 193. The summed E-state index contributed by atoms with van der Waals surface area (Å²) in [6.07, 6.45) is 6.24. The number of methoxy groups -OCH3 is 2. The summed E-state index contributed by atoms with van der Waals surface area (Å²) < 4.78 is 16.8. The molecule has 1 saturated carbocycles. The van der Waals surface area contributed by atoms with Crippen LogP contribution in [0.4, 0.5) is 0 Å². The van der Waals surface area contributed by atoms with Gasteiger partial charge in [0.15, 0.2) is 5.79 Å². The quantitative estimate of drug-likeness (QED) is 0.638. The molecular weight excluding hydrogens is 180 g/mol. The Hall–Kier alpha value is -0.120. The second-order valence-electron chi connectivity index (χ2n) is 4.49. The summed E-state index contributed by atoms with van der Waals surface area (Å²) in [5.41, 5.74) is 0.120. The van der Waals surface area contributed by atoms with Gasteiger partial charge >= 0.3 is 0 Å². The highest BCUT2D eigenvalue weighted by Gasteiger charge is 2.57. The minimum Gasteiger partial charge on any atom is -0.375 e. The molecule has 2 rings (SSSR count). The molecule has 1 heterocycles. The fourth-order valence-corrected chi connectivity index (χ4v) is 3.03. The van der Waals surface area contributed by atoms with Gasteiger partial charge < -0.3 is 14.2 Å². The minimum atomic E-state index is -0.479. The third-order valence-electron chi connectivity index (χ3n) is 3.95. The van der Waals surface area contributed by atoms with Gasteiger partial charge in [0.25, 0.3) is 0 Å². The van der Waals surface area contributed by atoms with Crippen LogP contribution in [0.5, 0.6) is 0 Å². The van der Waals surface area contributed by atoms with Gasteiger partial charge in [-0.2, -0.15) is 0 Å². The van der Waals surface area contributed by atoms with Crippen LogP contribution in [-0.4, -0.2) is 33.2 Å².